The molecule has 0 spiro atoms. The van der Waals surface area contributed by atoms with Crippen molar-refractivity contribution in [1.82, 2.24) is 10.2 Å². The molecule has 1 aromatic carbocycles. The number of carbonyl (C=O) groups excluding carboxylic acids is 2. The molecule has 1 heterocycles. The fourth-order valence-corrected chi connectivity index (χ4v) is 2.83. The highest BCUT2D eigenvalue weighted by Crippen LogP contribution is 2.37. The smallest absolute Gasteiger partial charge is 0.325 e. The van der Waals surface area contributed by atoms with Crippen molar-refractivity contribution >= 4 is 29.4 Å². The van der Waals surface area contributed by atoms with Crippen LogP contribution in [0.4, 0.5) is 0 Å². The Bertz CT molecular complexity index is 619. The average molecular weight is 325 g/mol. The van der Waals surface area contributed by atoms with Crippen LogP contribution < -0.4 is 5.32 Å². The monoisotopic (exact) mass is 324 g/mol. The normalized spacial score (nSPS) is 22.5. The first-order chi connectivity index (χ1) is 10.3. The van der Waals surface area contributed by atoms with Crippen molar-refractivity contribution in [2.75, 3.05) is 7.05 Å². The summed E-state index contributed by atoms with van der Waals surface area (Å²) in [5, 5.41) is 11.8. The van der Waals surface area contributed by atoms with Crippen molar-refractivity contribution in [2.24, 2.45) is 5.92 Å². The number of aliphatic carboxylic acids is 1. The Labute approximate surface area is 133 Å². The summed E-state index contributed by atoms with van der Waals surface area (Å²) in [6, 6.07) is 5.52. The van der Waals surface area contributed by atoms with Gasteiger partial charge in [-0.05, 0) is 24.6 Å². The molecule has 0 radical (unpaired) electrons. The van der Waals surface area contributed by atoms with E-state index in [1.165, 1.54) is 11.8 Å². The molecule has 0 bridgehead atoms. The number of nitrogens with zero attached hydrogens (tertiary/aromatic N) is 1. The van der Waals surface area contributed by atoms with Gasteiger partial charge < -0.3 is 15.3 Å². The van der Waals surface area contributed by atoms with Crippen LogP contribution in [0.15, 0.2) is 24.3 Å². The molecule has 3 atom stereocenters. The highest BCUT2D eigenvalue weighted by molar-refractivity contribution is 6.30. The number of amides is 2. The summed E-state index contributed by atoms with van der Waals surface area (Å²) < 4.78 is 0. The second-order valence-corrected chi connectivity index (χ2v) is 5.82. The standard InChI is InChI=1S/C15H17ClN2O4/c1-8(15(21)22)17-14(20)11-7-12(19)18(2)13(11)9-4-3-5-10(16)6-9/h3-6,8,11,13H,7H2,1-2H3,(H,17,20)(H,21,22)/t8-,11?,13?/m0/s1. The Morgan fingerprint density at radius 1 is 1.45 bits per heavy atom. The van der Waals surface area contributed by atoms with Crippen LogP contribution in [0.1, 0.15) is 24.9 Å². The zero-order valence-corrected chi connectivity index (χ0v) is 13.0. The Hall–Kier alpha value is -2.08. The zero-order valence-electron chi connectivity index (χ0n) is 12.2. The first-order valence-corrected chi connectivity index (χ1v) is 7.23. The molecule has 1 saturated heterocycles. The van der Waals surface area contributed by atoms with Crippen molar-refractivity contribution in [3.05, 3.63) is 34.9 Å². The molecule has 2 N–H and O–H groups in total. The van der Waals surface area contributed by atoms with Crippen LogP contribution >= 0.6 is 11.6 Å². The van der Waals surface area contributed by atoms with Crippen molar-refractivity contribution < 1.29 is 19.5 Å². The van der Waals surface area contributed by atoms with Gasteiger partial charge in [0.05, 0.1) is 12.0 Å². The van der Waals surface area contributed by atoms with Gasteiger partial charge in [0, 0.05) is 18.5 Å². The van der Waals surface area contributed by atoms with Gasteiger partial charge in [0.2, 0.25) is 11.8 Å². The highest BCUT2D eigenvalue weighted by atomic mass is 35.5. The van der Waals surface area contributed by atoms with E-state index < -0.39 is 29.9 Å². The van der Waals surface area contributed by atoms with Crippen LogP contribution in [-0.4, -0.2) is 40.9 Å². The Morgan fingerprint density at radius 2 is 2.14 bits per heavy atom. The molecule has 2 unspecified atom stereocenters. The maximum atomic E-state index is 12.3. The highest BCUT2D eigenvalue weighted by Gasteiger charge is 2.43. The molecule has 7 heteroatoms. The first-order valence-electron chi connectivity index (χ1n) is 6.85. The largest absolute Gasteiger partial charge is 0.480 e. The second-order valence-electron chi connectivity index (χ2n) is 5.38. The fraction of sp³-hybridized carbons (Fsp3) is 0.400. The SMILES string of the molecule is C[C@H](NC(=O)C1CC(=O)N(C)C1c1cccc(Cl)c1)C(=O)O. The maximum absolute atomic E-state index is 12.3. The number of hydrogen-bond donors (Lipinski definition) is 2. The Kier molecular flexibility index (Phi) is 4.71. The minimum atomic E-state index is -1.12. The van der Waals surface area contributed by atoms with Crippen molar-refractivity contribution in [3.63, 3.8) is 0 Å². The third kappa shape index (κ3) is 3.22. The Balaban J connectivity index is 2.27. The van der Waals surface area contributed by atoms with E-state index in [2.05, 4.69) is 5.32 Å². The van der Waals surface area contributed by atoms with Gasteiger partial charge in [0.15, 0.2) is 0 Å². The number of carbonyl (C=O) groups is 3. The van der Waals surface area contributed by atoms with E-state index in [0.29, 0.717) is 5.02 Å². The van der Waals surface area contributed by atoms with Crippen molar-refractivity contribution in [2.45, 2.75) is 25.4 Å². The molecule has 2 rings (SSSR count). The maximum Gasteiger partial charge on any atom is 0.325 e. The number of carboxylic acids is 1. The van der Waals surface area contributed by atoms with Gasteiger partial charge in [-0.1, -0.05) is 23.7 Å². The van der Waals surface area contributed by atoms with E-state index in [1.54, 1.807) is 31.3 Å². The predicted molar refractivity (Wildman–Crippen MR) is 80.3 cm³/mol. The van der Waals surface area contributed by atoms with Gasteiger partial charge in [-0.2, -0.15) is 0 Å². The summed E-state index contributed by atoms with van der Waals surface area (Å²) in [5.41, 5.74) is 0.754. The number of nitrogens with one attached hydrogen (secondary N) is 1. The molecular weight excluding hydrogens is 308 g/mol. The van der Waals surface area contributed by atoms with Crippen LogP contribution in [0.3, 0.4) is 0 Å². The summed E-state index contributed by atoms with van der Waals surface area (Å²) in [7, 11) is 1.63. The molecule has 1 aliphatic heterocycles. The molecule has 0 saturated carbocycles. The summed E-state index contributed by atoms with van der Waals surface area (Å²) in [5.74, 6) is -2.37. The minimum absolute atomic E-state index is 0.0475. The van der Waals surface area contributed by atoms with E-state index in [1.807, 2.05) is 0 Å². The van der Waals surface area contributed by atoms with Gasteiger partial charge in [-0.15, -0.1) is 0 Å². The number of halogens is 1. The second kappa shape index (κ2) is 6.36. The molecular formula is C15H17ClN2O4. The number of hydrogen-bond acceptors (Lipinski definition) is 3. The molecule has 22 heavy (non-hydrogen) atoms. The lowest BCUT2D eigenvalue weighted by molar-refractivity contribution is -0.142. The molecule has 1 fully saturated rings. The molecule has 0 aromatic heterocycles. The van der Waals surface area contributed by atoms with E-state index in [0.717, 1.165) is 5.56 Å². The van der Waals surface area contributed by atoms with Gasteiger partial charge in [-0.25, -0.2) is 0 Å². The first kappa shape index (κ1) is 16.3. The van der Waals surface area contributed by atoms with Crippen LogP contribution in [0.5, 0.6) is 0 Å². The van der Waals surface area contributed by atoms with Gasteiger partial charge >= 0.3 is 5.97 Å². The topological polar surface area (TPSA) is 86.7 Å². The van der Waals surface area contributed by atoms with E-state index in [9.17, 15) is 14.4 Å². The summed E-state index contributed by atoms with van der Waals surface area (Å²) in [6.45, 7) is 1.38. The summed E-state index contributed by atoms with van der Waals surface area (Å²) in [6.07, 6.45) is 0.0475. The molecule has 0 aliphatic carbocycles. The molecule has 2 amide bonds. The lowest BCUT2D eigenvalue weighted by Gasteiger charge is -2.25. The summed E-state index contributed by atoms with van der Waals surface area (Å²) in [4.78, 5) is 36.7. The van der Waals surface area contributed by atoms with Gasteiger partial charge in [0.1, 0.15) is 6.04 Å². The van der Waals surface area contributed by atoms with Crippen molar-refractivity contribution in [1.29, 1.82) is 0 Å². The van der Waals surface area contributed by atoms with E-state index in [4.69, 9.17) is 16.7 Å². The van der Waals surface area contributed by atoms with E-state index >= 15 is 0 Å². The van der Waals surface area contributed by atoms with Crippen LogP contribution in [0.2, 0.25) is 5.02 Å². The Morgan fingerprint density at radius 3 is 2.73 bits per heavy atom. The third-order valence-corrected chi connectivity index (χ3v) is 4.08. The van der Waals surface area contributed by atoms with Gasteiger partial charge in [-0.3, -0.25) is 14.4 Å². The predicted octanol–water partition coefficient (Wildman–Crippen LogP) is 1.45. The zero-order chi connectivity index (χ0) is 16.4. The third-order valence-electron chi connectivity index (χ3n) is 3.84. The number of carboxylic acid groups (broad SMARTS) is 1. The molecule has 118 valence electrons. The van der Waals surface area contributed by atoms with E-state index in [-0.39, 0.29) is 12.3 Å². The summed E-state index contributed by atoms with van der Waals surface area (Å²) >= 11 is 5.98. The number of rotatable bonds is 4. The molecule has 1 aromatic rings. The number of benzene rings is 1. The average Bonchev–Trinajstić information content (AvgIpc) is 2.75. The quantitative estimate of drug-likeness (QED) is 0.877. The number of likely N-dealkylation sites (tertiary alicyclic amines) is 1. The lowest BCUT2D eigenvalue weighted by Crippen LogP contribution is -2.43. The van der Waals surface area contributed by atoms with Gasteiger partial charge in [0.25, 0.3) is 0 Å². The molecule has 1 aliphatic rings. The minimum Gasteiger partial charge on any atom is -0.480 e. The van der Waals surface area contributed by atoms with Crippen LogP contribution in [0.25, 0.3) is 0 Å². The van der Waals surface area contributed by atoms with Crippen LogP contribution in [0, 0.1) is 5.92 Å². The van der Waals surface area contributed by atoms with Crippen LogP contribution in [-0.2, 0) is 14.4 Å². The molecule has 6 nitrogen and oxygen atoms in total. The van der Waals surface area contributed by atoms with Crippen molar-refractivity contribution in [3.8, 4) is 0 Å². The lowest BCUT2D eigenvalue weighted by atomic mass is 9.92. The fourth-order valence-electron chi connectivity index (χ4n) is 2.63.